The molecule has 0 bridgehead atoms. The number of hydrogen-bond donors (Lipinski definition) is 2. The van der Waals surface area contributed by atoms with Crippen LogP contribution in [0.25, 0.3) is 0 Å². The van der Waals surface area contributed by atoms with Crippen molar-refractivity contribution in [1.82, 2.24) is 10.2 Å². The van der Waals surface area contributed by atoms with E-state index in [-0.39, 0.29) is 24.8 Å². The van der Waals surface area contributed by atoms with Crippen molar-refractivity contribution in [1.29, 1.82) is 0 Å². The number of anilines is 1. The van der Waals surface area contributed by atoms with Crippen LogP contribution in [0.4, 0.5) is 10.5 Å². The van der Waals surface area contributed by atoms with Crippen LogP contribution >= 0.6 is 0 Å². The van der Waals surface area contributed by atoms with Gasteiger partial charge in [0.15, 0.2) is 0 Å². The second-order valence-corrected chi connectivity index (χ2v) is 7.62. The first-order chi connectivity index (χ1) is 15.0. The SMILES string of the molecule is Cc1c(NC(=O)CCCNC(=O)OCc2ccccc2)cccc1C(=O)N1CCCC1. The molecule has 1 saturated heterocycles. The number of amides is 3. The maximum Gasteiger partial charge on any atom is 0.407 e. The van der Waals surface area contributed by atoms with Gasteiger partial charge in [0.2, 0.25) is 5.91 Å². The van der Waals surface area contributed by atoms with Crippen LogP contribution in [0.15, 0.2) is 48.5 Å². The molecule has 7 heteroatoms. The molecule has 164 valence electrons. The summed E-state index contributed by atoms with van der Waals surface area (Å²) in [6, 6.07) is 14.8. The van der Waals surface area contributed by atoms with Crippen LogP contribution in [0.5, 0.6) is 0 Å². The van der Waals surface area contributed by atoms with Gasteiger partial charge in [-0.3, -0.25) is 9.59 Å². The van der Waals surface area contributed by atoms with Gasteiger partial charge in [0, 0.05) is 37.3 Å². The number of benzene rings is 2. The second kappa shape index (κ2) is 11.2. The molecule has 7 nitrogen and oxygen atoms in total. The highest BCUT2D eigenvalue weighted by molar-refractivity contribution is 5.99. The average Bonchev–Trinajstić information content (AvgIpc) is 3.32. The highest BCUT2D eigenvalue weighted by Crippen LogP contribution is 2.22. The number of ether oxygens (including phenoxy) is 1. The molecule has 2 N–H and O–H groups in total. The third-order valence-electron chi connectivity index (χ3n) is 5.29. The third-order valence-corrected chi connectivity index (χ3v) is 5.29. The largest absolute Gasteiger partial charge is 0.445 e. The summed E-state index contributed by atoms with van der Waals surface area (Å²) in [5.41, 5.74) is 2.96. The summed E-state index contributed by atoms with van der Waals surface area (Å²) in [6.07, 6.45) is 2.30. The lowest BCUT2D eigenvalue weighted by molar-refractivity contribution is -0.116. The zero-order chi connectivity index (χ0) is 22.1. The Balaban J connectivity index is 1.40. The summed E-state index contributed by atoms with van der Waals surface area (Å²) in [5.74, 6) is -0.141. The summed E-state index contributed by atoms with van der Waals surface area (Å²) in [6.45, 7) is 3.97. The number of likely N-dealkylation sites (tertiary alicyclic amines) is 1. The molecule has 3 rings (SSSR count). The van der Waals surface area contributed by atoms with Crippen LogP contribution in [-0.2, 0) is 16.1 Å². The van der Waals surface area contributed by atoms with Gasteiger partial charge in [0.25, 0.3) is 5.91 Å². The zero-order valence-corrected chi connectivity index (χ0v) is 17.9. The minimum atomic E-state index is -0.506. The molecule has 1 aliphatic heterocycles. The first-order valence-corrected chi connectivity index (χ1v) is 10.7. The van der Waals surface area contributed by atoms with E-state index in [2.05, 4.69) is 10.6 Å². The molecular weight excluding hydrogens is 394 g/mol. The Morgan fingerprint density at radius 2 is 1.74 bits per heavy atom. The summed E-state index contributed by atoms with van der Waals surface area (Å²) >= 11 is 0. The zero-order valence-electron chi connectivity index (χ0n) is 17.9. The Kier molecular flexibility index (Phi) is 8.04. The molecule has 0 aromatic heterocycles. The van der Waals surface area contributed by atoms with Crippen molar-refractivity contribution in [2.24, 2.45) is 0 Å². The molecule has 3 amide bonds. The minimum Gasteiger partial charge on any atom is -0.445 e. The number of carbonyl (C=O) groups excluding carboxylic acids is 3. The number of carbonyl (C=O) groups is 3. The van der Waals surface area contributed by atoms with Crippen molar-refractivity contribution >= 4 is 23.6 Å². The highest BCUT2D eigenvalue weighted by atomic mass is 16.5. The molecule has 1 aliphatic rings. The lowest BCUT2D eigenvalue weighted by atomic mass is 10.1. The van der Waals surface area contributed by atoms with Gasteiger partial charge in [-0.25, -0.2) is 4.79 Å². The van der Waals surface area contributed by atoms with Gasteiger partial charge in [0.1, 0.15) is 6.61 Å². The maximum atomic E-state index is 12.7. The predicted octanol–water partition coefficient (Wildman–Crippen LogP) is 3.88. The van der Waals surface area contributed by atoms with Gasteiger partial charge in [0.05, 0.1) is 0 Å². The molecule has 0 saturated carbocycles. The van der Waals surface area contributed by atoms with Gasteiger partial charge in [-0.2, -0.15) is 0 Å². The van der Waals surface area contributed by atoms with E-state index in [0.717, 1.165) is 37.1 Å². The molecular formula is C24H29N3O4. The topological polar surface area (TPSA) is 87.7 Å². The number of rotatable bonds is 8. The molecule has 0 aliphatic carbocycles. The van der Waals surface area contributed by atoms with Crippen LogP contribution in [0.3, 0.4) is 0 Å². The molecule has 0 unspecified atom stereocenters. The first kappa shape index (κ1) is 22.3. The molecule has 0 radical (unpaired) electrons. The van der Waals surface area contributed by atoms with Crippen molar-refractivity contribution < 1.29 is 19.1 Å². The average molecular weight is 424 g/mol. The summed E-state index contributed by atoms with van der Waals surface area (Å²) in [7, 11) is 0. The van der Waals surface area contributed by atoms with E-state index < -0.39 is 6.09 Å². The Morgan fingerprint density at radius 1 is 1.00 bits per heavy atom. The van der Waals surface area contributed by atoms with Crippen LogP contribution in [0.1, 0.15) is 47.2 Å². The molecule has 0 atom stereocenters. The van der Waals surface area contributed by atoms with Gasteiger partial charge in [-0.05, 0) is 49.4 Å². The normalized spacial score (nSPS) is 13.0. The van der Waals surface area contributed by atoms with Gasteiger partial charge in [-0.15, -0.1) is 0 Å². The Morgan fingerprint density at radius 3 is 2.48 bits per heavy atom. The van der Waals surface area contributed by atoms with Crippen LogP contribution in [0, 0.1) is 6.92 Å². The minimum absolute atomic E-state index is 0.0179. The molecule has 1 fully saturated rings. The van der Waals surface area contributed by atoms with E-state index in [1.807, 2.05) is 42.2 Å². The molecule has 2 aromatic rings. The molecule has 31 heavy (non-hydrogen) atoms. The monoisotopic (exact) mass is 423 g/mol. The van der Waals surface area contributed by atoms with Gasteiger partial charge < -0.3 is 20.3 Å². The number of alkyl carbamates (subject to hydrolysis) is 1. The summed E-state index contributed by atoms with van der Waals surface area (Å²) < 4.78 is 5.14. The Labute approximate surface area is 182 Å². The molecule has 0 spiro atoms. The fraction of sp³-hybridized carbons (Fsp3) is 0.375. The lowest BCUT2D eigenvalue weighted by Crippen LogP contribution is -2.28. The summed E-state index contributed by atoms with van der Waals surface area (Å²) in [5, 5.41) is 5.52. The van der Waals surface area contributed by atoms with E-state index >= 15 is 0 Å². The van der Waals surface area contributed by atoms with Gasteiger partial charge in [-0.1, -0.05) is 36.4 Å². The van der Waals surface area contributed by atoms with E-state index in [1.54, 1.807) is 18.2 Å². The first-order valence-electron chi connectivity index (χ1n) is 10.7. The fourth-order valence-electron chi connectivity index (χ4n) is 3.52. The molecule has 2 aromatic carbocycles. The number of hydrogen-bond acceptors (Lipinski definition) is 4. The van der Waals surface area contributed by atoms with Crippen molar-refractivity contribution in [2.75, 3.05) is 25.0 Å². The van der Waals surface area contributed by atoms with Crippen LogP contribution in [-0.4, -0.2) is 42.4 Å². The smallest absolute Gasteiger partial charge is 0.407 e. The van der Waals surface area contributed by atoms with E-state index in [0.29, 0.717) is 24.2 Å². The highest BCUT2D eigenvalue weighted by Gasteiger charge is 2.22. The molecule has 1 heterocycles. The second-order valence-electron chi connectivity index (χ2n) is 7.62. The van der Waals surface area contributed by atoms with E-state index in [1.165, 1.54) is 0 Å². The lowest BCUT2D eigenvalue weighted by Gasteiger charge is -2.18. The van der Waals surface area contributed by atoms with Crippen molar-refractivity contribution in [3.63, 3.8) is 0 Å². The van der Waals surface area contributed by atoms with E-state index in [4.69, 9.17) is 4.74 Å². The van der Waals surface area contributed by atoms with Crippen molar-refractivity contribution in [2.45, 2.75) is 39.2 Å². The Bertz CT molecular complexity index is 908. The Hall–Kier alpha value is -3.35. The van der Waals surface area contributed by atoms with E-state index in [9.17, 15) is 14.4 Å². The summed E-state index contributed by atoms with van der Waals surface area (Å²) in [4.78, 5) is 38.6. The van der Waals surface area contributed by atoms with Gasteiger partial charge >= 0.3 is 6.09 Å². The van der Waals surface area contributed by atoms with Crippen molar-refractivity contribution in [3.8, 4) is 0 Å². The van der Waals surface area contributed by atoms with Crippen molar-refractivity contribution in [3.05, 3.63) is 65.2 Å². The maximum absolute atomic E-state index is 12.7. The number of nitrogens with one attached hydrogen (secondary N) is 2. The predicted molar refractivity (Wildman–Crippen MR) is 119 cm³/mol. The number of nitrogens with zero attached hydrogens (tertiary/aromatic N) is 1. The standard InChI is InChI=1S/C24H29N3O4/c1-18-20(23(29)27-15-5-6-16-27)11-7-12-21(18)26-22(28)13-8-14-25-24(30)31-17-19-9-3-2-4-10-19/h2-4,7,9-12H,5-6,8,13-17H2,1H3,(H,25,30)(H,26,28). The fourth-order valence-corrected chi connectivity index (χ4v) is 3.52. The quantitative estimate of drug-likeness (QED) is 0.631. The van der Waals surface area contributed by atoms with Crippen LogP contribution in [0.2, 0.25) is 0 Å². The third kappa shape index (κ3) is 6.57. The van der Waals surface area contributed by atoms with Crippen LogP contribution < -0.4 is 10.6 Å².